The zero-order chi connectivity index (χ0) is 10.9. The molecule has 80 valence electrons. The van der Waals surface area contributed by atoms with E-state index in [0.717, 1.165) is 23.7 Å². The first kappa shape index (κ1) is 10.7. The van der Waals surface area contributed by atoms with Crippen LogP contribution in [0, 0.1) is 0 Å². The first-order valence-corrected chi connectivity index (χ1v) is 5.90. The molecule has 1 saturated carbocycles. The van der Waals surface area contributed by atoms with Crippen LogP contribution in [-0.4, -0.2) is 11.1 Å². The summed E-state index contributed by atoms with van der Waals surface area (Å²) in [5.74, 6) is -0.696. The Balaban J connectivity index is 2.09. The Kier molecular flexibility index (Phi) is 2.83. The fourth-order valence-corrected chi connectivity index (χ4v) is 2.25. The highest BCUT2D eigenvalue weighted by Gasteiger charge is 2.43. The van der Waals surface area contributed by atoms with Crippen molar-refractivity contribution in [3.8, 4) is 0 Å². The summed E-state index contributed by atoms with van der Waals surface area (Å²) < 4.78 is 1.07. The average Bonchev–Trinajstić information content (AvgIpc) is 2.97. The van der Waals surface area contributed by atoms with E-state index in [1.165, 1.54) is 5.56 Å². The molecule has 0 aliphatic heterocycles. The van der Waals surface area contributed by atoms with Gasteiger partial charge in [-0.05, 0) is 42.4 Å². The minimum Gasteiger partial charge on any atom is -0.481 e. The molecule has 0 saturated heterocycles. The van der Waals surface area contributed by atoms with E-state index >= 15 is 0 Å². The number of benzene rings is 1. The molecular formula is C12H13BrO2. The van der Waals surface area contributed by atoms with E-state index in [1.54, 1.807) is 0 Å². The monoisotopic (exact) mass is 268 g/mol. The van der Waals surface area contributed by atoms with Gasteiger partial charge in [-0.25, -0.2) is 0 Å². The van der Waals surface area contributed by atoms with Crippen molar-refractivity contribution in [1.82, 2.24) is 0 Å². The van der Waals surface area contributed by atoms with E-state index in [2.05, 4.69) is 28.1 Å². The van der Waals surface area contributed by atoms with Gasteiger partial charge in [-0.3, -0.25) is 4.79 Å². The highest BCUT2D eigenvalue weighted by atomic mass is 79.9. The van der Waals surface area contributed by atoms with Crippen molar-refractivity contribution in [2.24, 2.45) is 0 Å². The molecule has 1 aromatic carbocycles. The highest BCUT2D eigenvalue weighted by molar-refractivity contribution is 9.10. The largest absolute Gasteiger partial charge is 0.481 e. The van der Waals surface area contributed by atoms with Gasteiger partial charge >= 0.3 is 5.97 Å². The third-order valence-electron chi connectivity index (χ3n) is 3.13. The quantitative estimate of drug-likeness (QED) is 0.910. The summed E-state index contributed by atoms with van der Waals surface area (Å²) in [6.07, 6.45) is 3.30. The summed E-state index contributed by atoms with van der Waals surface area (Å²) in [7, 11) is 0. The van der Waals surface area contributed by atoms with Gasteiger partial charge in [-0.2, -0.15) is 0 Å². The van der Waals surface area contributed by atoms with Crippen molar-refractivity contribution < 1.29 is 9.90 Å². The summed E-state index contributed by atoms with van der Waals surface area (Å²) in [5.41, 5.74) is 1.45. The third kappa shape index (κ3) is 2.40. The predicted molar refractivity (Wildman–Crippen MR) is 61.9 cm³/mol. The van der Waals surface area contributed by atoms with Crippen LogP contribution in [-0.2, 0) is 10.2 Å². The number of carboxylic acid groups (broad SMARTS) is 1. The Bertz CT molecular complexity index is 366. The third-order valence-corrected chi connectivity index (χ3v) is 3.66. The summed E-state index contributed by atoms with van der Waals surface area (Å²) >= 11 is 3.40. The van der Waals surface area contributed by atoms with Gasteiger partial charge in [0.25, 0.3) is 0 Å². The SMILES string of the molecule is O=C(O)CCC1(c2ccc(Br)cc2)CC1. The molecule has 0 unspecified atom stereocenters. The number of hydrogen-bond donors (Lipinski definition) is 1. The molecule has 0 radical (unpaired) electrons. The zero-order valence-electron chi connectivity index (χ0n) is 8.37. The van der Waals surface area contributed by atoms with Crippen LogP contribution < -0.4 is 0 Å². The van der Waals surface area contributed by atoms with E-state index in [9.17, 15) is 4.79 Å². The highest BCUT2D eigenvalue weighted by Crippen LogP contribution is 2.51. The Labute approximate surface area is 97.4 Å². The van der Waals surface area contributed by atoms with Gasteiger partial charge in [0.15, 0.2) is 0 Å². The van der Waals surface area contributed by atoms with Crippen molar-refractivity contribution in [3.63, 3.8) is 0 Å². The molecule has 0 heterocycles. The van der Waals surface area contributed by atoms with Gasteiger partial charge in [-0.1, -0.05) is 28.1 Å². The molecule has 0 aromatic heterocycles. The number of hydrogen-bond acceptors (Lipinski definition) is 1. The van der Waals surface area contributed by atoms with Crippen LogP contribution in [0.2, 0.25) is 0 Å². The molecule has 1 N–H and O–H groups in total. The van der Waals surface area contributed by atoms with E-state index in [0.29, 0.717) is 0 Å². The lowest BCUT2D eigenvalue weighted by Gasteiger charge is -2.14. The lowest BCUT2D eigenvalue weighted by Crippen LogP contribution is -2.09. The van der Waals surface area contributed by atoms with Gasteiger partial charge < -0.3 is 5.11 Å². The fourth-order valence-electron chi connectivity index (χ4n) is 1.98. The maximum absolute atomic E-state index is 10.6. The first-order chi connectivity index (χ1) is 7.12. The normalized spacial score (nSPS) is 17.4. The topological polar surface area (TPSA) is 37.3 Å². The van der Waals surface area contributed by atoms with Gasteiger partial charge in [0.2, 0.25) is 0 Å². The number of rotatable bonds is 4. The minimum atomic E-state index is -0.696. The molecule has 1 aliphatic carbocycles. The Morgan fingerprint density at radius 2 is 1.93 bits per heavy atom. The molecule has 1 aromatic rings. The molecule has 0 bridgehead atoms. The molecule has 2 rings (SSSR count). The van der Waals surface area contributed by atoms with Gasteiger partial charge in [-0.15, -0.1) is 0 Å². The summed E-state index contributed by atoms with van der Waals surface area (Å²) in [6.45, 7) is 0. The molecule has 1 aliphatic rings. The van der Waals surface area contributed by atoms with Crippen molar-refractivity contribution >= 4 is 21.9 Å². The van der Waals surface area contributed by atoms with Crippen LogP contribution in [0.4, 0.5) is 0 Å². The molecule has 3 heteroatoms. The van der Waals surface area contributed by atoms with Crippen LogP contribution in [0.15, 0.2) is 28.7 Å². The summed E-state index contributed by atoms with van der Waals surface area (Å²) in [6, 6.07) is 8.24. The van der Waals surface area contributed by atoms with Crippen molar-refractivity contribution in [2.45, 2.75) is 31.1 Å². The van der Waals surface area contributed by atoms with E-state index < -0.39 is 5.97 Å². The lowest BCUT2D eigenvalue weighted by molar-refractivity contribution is -0.137. The van der Waals surface area contributed by atoms with E-state index in [4.69, 9.17) is 5.11 Å². The standard InChI is InChI=1S/C12H13BrO2/c13-10-3-1-9(2-4-10)12(7-8-12)6-5-11(14)15/h1-4H,5-8H2,(H,14,15). The summed E-state index contributed by atoms with van der Waals surface area (Å²) in [5, 5.41) is 8.69. The number of carboxylic acids is 1. The van der Waals surface area contributed by atoms with Crippen molar-refractivity contribution in [2.75, 3.05) is 0 Å². The van der Waals surface area contributed by atoms with E-state index in [-0.39, 0.29) is 11.8 Å². The molecule has 0 amide bonds. The zero-order valence-corrected chi connectivity index (χ0v) is 9.96. The first-order valence-electron chi connectivity index (χ1n) is 5.10. The molecule has 2 nitrogen and oxygen atoms in total. The van der Waals surface area contributed by atoms with Crippen LogP contribution in [0.5, 0.6) is 0 Å². The lowest BCUT2D eigenvalue weighted by atomic mass is 9.91. The van der Waals surface area contributed by atoms with Gasteiger partial charge in [0, 0.05) is 10.9 Å². The number of aliphatic carboxylic acids is 1. The molecule has 15 heavy (non-hydrogen) atoms. The predicted octanol–water partition coefficient (Wildman–Crippen LogP) is 3.35. The Hall–Kier alpha value is -0.830. The maximum Gasteiger partial charge on any atom is 0.303 e. The summed E-state index contributed by atoms with van der Waals surface area (Å²) in [4.78, 5) is 10.6. The van der Waals surface area contributed by atoms with Crippen LogP contribution >= 0.6 is 15.9 Å². The van der Waals surface area contributed by atoms with Crippen molar-refractivity contribution in [1.29, 1.82) is 0 Å². The minimum absolute atomic E-state index is 0.166. The second-order valence-electron chi connectivity index (χ2n) is 4.18. The Morgan fingerprint density at radius 1 is 1.33 bits per heavy atom. The smallest absolute Gasteiger partial charge is 0.303 e. The molecular weight excluding hydrogens is 256 g/mol. The fraction of sp³-hybridized carbons (Fsp3) is 0.417. The molecule has 0 spiro atoms. The number of halogens is 1. The average molecular weight is 269 g/mol. The van der Waals surface area contributed by atoms with Crippen LogP contribution in [0.3, 0.4) is 0 Å². The van der Waals surface area contributed by atoms with Gasteiger partial charge in [0.1, 0.15) is 0 Å². The van der Waals surface area contributed by atoms with Crippen LogP contribution in [0.25, 0.3) is 0 Å². The van der Waals surface area contributed by atoms with Gasteiger partial charge in [0.05, 0.1) is 0 Å². The molecule has 1 fully saturated rings. The molecule has 0 atom stereocenters. The van der Waals surface area contributed by atoms with Crippen molar-refractivity contribution in [3.05, 3.63) is 34.3 Å². The second kappa shape index (κ2) is 3.97. The second-order valence-corrected chi connectivity index (χ2v) is 5.10. The van der Waals surface area contributed by atoms with E-state index in [1.807, 2.05) is 12.1 Å². The van der Waals surface area contributed by atoms with Crippen LogP contribution in [0.1, 0.15) is 31.2 Å². The number of carbonyl (C=O) groups is 1. The maximum atomic E-state index is 10.6. The Morgan fingerprint density at radius 3 is 2.40 bits per heavy atom.